The molecule has 0 spiro atoms. The van der Waals surface area contributed by atoms with E-state index in [0.29, 0.717) is 17.1 Å². The first kappa shape index (κ1) is 23.9. The summed E-state index contributed by atoms with van der Waals surface area (Å²) in [6.07, 6.45) is -1.60. The predicted molar refractivity (Wildman–Crippen MR) is 131 cm³/mol. The molecule has 0 aliphatic carbocycles. The highest BCUT2D eigenvalue weighted by Gasteiger charge is 2.39. The average molecular weight is 520 g/mol. The Kier molecular flexibility index (Phi) is 5.74. The highest BCUT2D eigenvalue weighted by Crippen LogP contribution is 2.37. The molecule has 1 aliphatic heterocycles. The second-order valence-corrected chi connectivity index (χ2v) is 8.99. The Bertz CT molecular complexity index is 1680. The molecule has 1 unspecified atom stereocenters. The summed E-state index contributed by atoms with van der Waals surface area (Å²) in [5.74, 6) is -0.550. The van der Waals surface area contributed by atoms with Crippen molar-refractivity contribution >= 4 is 22.3 Å². The van der Waals surface area contributed by atoms with Gasteiger partial charge in [-0.15, -0.1) is 0 Å². The van der Waals surface area contributed by atoms with Crippen molar-refractivity contribution in [2.24, 2.45) is 0 Å². The van der Waals surface area contributed by atoms with Crippen LogP contribution in [0.2, 0.25) is 0 Å². The number of fused-ring (bicyclic) bond motifs is 4. The van der Waals surface area contributed by atoms with Gasteiger partial charge in [0.15, 0.2) is 6.61 Å². The third kappa shape index (κ3) is 4.21. The van der Waals surface area contributed by atoms with Gasteiger partial charge in [0.2, 0.25) is 0 Å². The standard InChI is InChI=1S/C28H20F4N4O2/c29-21-6-3-11-33-25(21)27-26-22(34-23-15-19(28(30,31)32)9-12-35(23)26)10-13-36(27)24(37)16-38-20-8-7-17-4-1-2-5-18(17)14-20/h1-9,11-12,14-15,27H,10,13,16H2. The topological polar surface area (TPSA) is 59.7 Å². The fraction of sp³-hybridized carbons (Fsp3) is 0.179. The largest absolute Gasteiger partial charge is 0.484 e. The molecule has 10 heteroatoms. The van der Waals surface area contributed by atoms with Crippen LogP contribution in [0, 0.1) is 5.82 Å². The number of halogens is 4. The van der Waals surface area contributed by atoms with Gasteiger partial charge >= 0.3 is 6.18 Å². The number of ether oxygens (including phenoxy) is 1. The van der Waals surface area contributed by atoms with Crippen molar-refractivity contribution in [3.05, 3.63) is 108 Å². The summed E-state index contributed by atoms with van der Waals surface area (Å²) in [4.78, 5) is 23.5. The number of hydrogen-bond donors (Lipinski definition) is 0. The van der Waals surface area contributed by atoms with E-state index in [1.54, 1.807) is 6.07 Å². The lowest BCUT2D eigenvalue weighted by atomic mass is 9.98. The van der Waals surface area contributed by atoms with Crippen LogP contribution in [-0.2, 0) is 17.4 Å². The van der Waals surface area contributed by atoms with Crippen molar-refractivity contribution in [2.45, 2.75) is 18.6 Å². The molecular formula is C28H20F4N4O2. The van der Waals surface area contributed by atoms with Gasteiger partial charge in [0.25, 0.3) is 5.91 Å². The molecule has 4 heterocycles. The maximum Gasteiger partial charge on any atom is 0.416 e. The molecule has 0 radical (unpaired) electrons. The molecule has 0 saturated heterocycles. The van der Waals surface area contributed by atoms with Gasteiger partial charge < -0.3 is 14.0 Å². The number of amides is 1. The summed E-state index contributed by atoms with van der Waals surface area (Å²) in [6, 6.07) is 16.8. The summed E-state index contributed by atoms with van der Waals surface area (Å²) in [5, 5.41) is 1.99. The maximum atomic E-state index is 15.0. The number of imidazole rings is 1. The number of hydrogen-bond acceptors (Lipinski definition) is 4. The Morgan fingerprint density at radius 1 is 1.03 bits per heavy atom. The van der Waals surface area contributed by atoms with Crippen LogP contribution in [-0.4, -0.2) is 38.3 Å². The normalized spacial score (nSPS) is 15.6. The smallest absolute Gasteiger partial charge is 0.416 e. The highest BCUT2D eigenvalue weighted by molar-refractivity contribution is 5.84. The van der Waals surface area contributed by atoms with E-state index in [0.717, 1.165) is 22.9 Å². The number of aromatic nitrogens is 3. The number of nitrogens with zero attached hydrogens (tertiary/aromatic N) is 4. The lowest BCUT2D eigenvalue weighted by Gasteiger charge is -2.35. The molecule has 6 rings (SSSR count). The lowest BCUT2D eigenvalue weighted by Crippen LogP contribution is -2.44. The number of carbonyl (C=O) groups excluding carboxylic acids is 1. The minimum absolute atomic E-state index is 0.0193. The first-order valence-electron chi connectivity index (χ1n) is 11.9. The third-order valence-corrected chi connectivity index (χ3v) is 6.68. The van der Waals surface area contributed by atoms with Crippen LogP contribution in [0.25, 0.3) is 16.4 Å². The Balaban J connectivity index is 1.36. The number of benzene rings is 2. The number of rotatable bonds is 4. The third-order valence-electron chi connectivity index (χ3n) is 6.68. The monoisotopic (exact) mass is 520 g/mol. The minimum Gasteiger partial charge on any atom is -0.484 e. The van der Waals surface area contributed by atoms with Gasteiger partial charge in [-0.1, -0.05) is 30.3 Å². The molecule has 0 fully saturated rings. The first-order valence-corrected chi connectivity index (χ1v) is 11.9. The van der Waals surface area contributed by atoms with E-state index in [9.17, 15) is 18.0 Å². The van der Waals surface area contributed by atoms with Gasteiger partial charge in [-0.2, -0.15) is 13.2 Å². The molecule has 1 amide bonds. The van der Waals surface area contributed by atoms with Crippen LogP contribution in [0.15, 0.2) is 79.1 Å². The molecule has 5 aromatic rings. The van der Waals surface area contributed by atoms with Gasteiger partial charge in [-0.05, 0) is 47.2 Å². The number of carbonyl (C=O) groups is 1. The highest BCUT2D eigenvalue weighted by atomic mass is 19.4. The molecule has 3 aromatic heterocycles. The molecule has 0 saturated carbocycles. The van der Waals surface area contributed by atoms with Crippen LogP contribution in [0.4, 0.5) is 17.6 Å². The fourth-order valence-corrected chi connectivity index (χ4v) is 4.90. The molecule has 192 valence electrons. The van der Waals surface area contributed by atoms with Crippen LogP contribution in [0.1, 0.15) is 28.7 Å². The van der Waals surface area contributed by atoms with E-state index in [2.05, 4.69) is 9.97 Å². The van der Waals surface area contributed by atoms with Gasteiger partial charge in [0.1, 0.15) is 28.9 Å². The summed E-state index contributed by atoms with van der Waals surface area (Å²) >= 11 is 0. The Morgan fingerprint density at radius 3 is 2.63 bits per heavy atom. The molecule has 1 atom stereocenters. The van der Waals surface area contributed by atoms with Crippen LogP contribution in [0.3, 0.4) is 0 Å². The van der Waals surface area contributed by atoms with E-state index < -0.39 is 29.5 Å². The summed E-state index contributed by atoms with van der Waals surface area (Å²) in [5.41, 5.74) is 0.0854. The van der Waals surface area contributed by atoms with E-state index in [4.69, 9.17) is 4.74 Å². The van der Waals surface area contributed by atoms with E-state index in [1.807, 2.05) is 36.4 Å². The van der Waals surface area contributed by atoms with Crippen molar-refractivity contribution in [3.63, 3.8) is 0 Å². The first-order chi connectivity index (χ1) is 18.3. The van der Waals surface area contributed by atoms with Gasteiger partial charge in [-0.3, -0.25) is 9.78 Å². The molecule has 0 N–H and O–H groups in total. The average Bonchev–Trinajstić information content (AvgIpc) is 3.29. The molecule has 2 aromatic carbocycles. The molecule has 38 heavy (non-hydrogen) atoms. The predicted octanol–water partition coefficient (Wildman–Crippen LogP) is 5.59. The fourth-order valence-electron chi connectivity index (χ4n) is 4.90. The molecular weight excluding hydrogens is 500 g/mol. The van der Waals surface area contributed by atoms with Crippen molar-refractivity contribution in [1.29, 1.82) is 0 Å². The van der Waals surface area contributed by atoms with Crippen LogP contribution in [0.5, 0.6) is 5.75 Å². The second kappa shape index (κ2) is 9.13. The summed E-state index contributed by atoms with van der Waals surface area (Å²) in [6.45, 7) is -0.142. The Labute approximate surface area is 214 Å². The van der Waals surface area contributed by atoms with Crippen molar-refractivity contribution in [2.75, 3.05) is 13.2 Å². The van der Waals surface area contributed by atoms with E-state index in [1.165, 1.54) is 33.8 Å². The van der Waals surface area contributed by atoms with Crippen molar-refractivity contribution in [3.8, 4) is 5.75 Å². The van der Waals surface area contributed by atoms with Gasteiger partial charge in [0.05, 0.1) is 17.0 Å². The van der Waals surface area contributed by atoms with Crippen LogP contribution >= 0.6 is 0 Å². The molecule has 1 aliphatic rings. The summed E-state index contributed by atoms with van der Waals surface area (Å²) in [7, 11) is 0. The summed E-state index contributed by atoms with van der Waals surface area (Å²) < 4.78 is 62.2. The Morgan fingerprint density at radius 2 is 1.84 bits per heavy atom. The van der Waals surface area contributed by atoms with Crippen molar-refractivity contribution in [1.82, 2.24) is 19.3 Å². The van der Waals surface area contributed by atoms with Gasteiger partial charge in [-0.25, -0.2) is 9.37 Å². The quantitative estimate of drug-likeness (QED) is 0.290. The molecule has 0 bridgehead atoms. The van der Waals surface area contributed by atoms with Gasteiger partial charge in [0, 0.05) is 25.4 Å². The zero-order chi connectivity index (χ0) is 26.4. The molecule has 6 nitrogen and oxygen atoms in total. The van der Waals surface area contributed by atoms with E-state index >= 15 is 4.39 Å². The number of pyridine rings is 2. The SMILES string of the molecule is O=C(COc1ccc2ccccc2c1)N1CCc2nc3cc(C(F)(F)F)ccn3c2C1c1ncccc1F. The Hall–Kier alpha value is -4.47. The zero-order valence-electron chi connectivity index (χ0n) is 19.8. The van der Waals surface area contributed by atoms with Crippen LogP contribution < -0.4 is 4.74 Å². The van der Waals surface area contributed by atoms with E-state index in [-0.39, 0.29) is 30.9 Å². The maximum absolute atomic E-state index is 15.0. The van der Waals surface area contributed by atoms with Crippen molar-refractivity contribution < 1.29 is 27.1 Å². The lowest BCUT2D eigenvalue weighted by molar-refractivity contribution is -0.137. The number of alkyl halides is 3. The second-order valence-electron chi connectivity index (χ2n) is 8.99. The minimum atomic E-state index is -4.54. The zero-order valence-corrected chi connectivity index (χ0v) is 19.8.